The van der Waals surface area contributed by atoms with Crippen LogP contribution in [0.15, 0.2) is 18.2 Å². The van der Waals surface area contributed by atoms with Crippen LogP contribution in [0, 0.1) is 5.41 Å². The van der Waals surface area contributed by atoms with Gasteiger partial charge in [0.05, 0.1) is 6.61 Å². The number of hydrogen-bond donors (Lipinski definition) is 2. The van der Waals surface area contributed by atoms with E-state index in [1.807, 2.05) is 6.07 Å². The molecule has 3 nitrogen and oxygen atoms in total. The van der Waals surface area contributed by atoms with E-state index in [0.29, 0.717) is 5.75 Å². The van der Waals surface area contributed by atoms with Crippen molar-refractivity contribution in [3.05, 3.63) is 29.3 Å². The Morgan fingerprint density at radius 2 is 2.26 bits per heavy atom. The lowest BCUT2D eigenvalue weighted by atomic mass is 9.52. The normalized spacial score (nSPS) is 36.9. The van der Waals surface area contributed by atoms with Gasteiger partial charge in [0.1, 0.15) is 5.75 Å². The highest BCUT2D eigenvalue weighted by Gasteiger charge is 2.51. The maximum absolute atomic E-state index is 9.77. The zero-order valence-electron chi connectivity index (χ0n) is 11.8. The molecule has 0 radical (unpaired) electrons. The predicted octanol–water partition coefficient (Wildman–Crippen LogP) is 2.35. The molecule has 3 atom stereocenters. The first kappa shape index (κ1) is 12.9. The summed E-state index contributed by atoms with van der Waals surface area (Å²) in [6.45, 7) is 3.03. The molecule has 19 heavy (non-hydrogen) atoms. The molecule has 104 valence electrons. The van der Waals surface area contributed by atoms with Crippen LogP contribution in [0.3, 0.4) is 0 Å². The van der Waals surface area contributed by atoms with E-state index in [1.54, 1.807) is 13.2 Å². The topological polar surface area (TPSA) is 55.5 Å². The van der Waals surface area contributed by atoms with Gasteiger partial charge in [-0.2, -0.15) is 0 Å². The largest absolute Gasteiger partial charge is 0.508 e. The first-order valence-electron chi connectivity index (χ1n) is 7.06. The maximum atomic E-state index is 9.77. The van der Waals surface area contributed by atoms with Crippen molar-refractivity contribution < 1.29 is 9.84 Å². The van der Waals surface area contributed by atoms with E-state index in [-0.39, 0.29) is 16.9 Å². The molecule has 1 fully saturated rings. The fraction of sp³-hybridized carbons (Fsp3) is 0.625. The fourth-order valence-electron chi connectivity index (χ4n) is 4.36. The molecule has 3 heteroatoms. The average molecular weight is 261 g/mol. The summed E-state index contributed by atoms with van der Waals surface area (Å²) in [6.07, 6.45) is 4.16. The van der Waals surface area contributed by atoms with E-state index in [2.05, 4.69) is 13.0 Å². The molecule has 0 saturated heterocycles. The quantitative estimate of drug-likeness (QED) is 0.859. The molecule has 2 bridgehead atoms. The van der Waals surface area contributed by atoms with Crippen molar-refractivity contribution in [2.75, 3.05) is 13.7 Å². The number of rotatable bonds is 2. The smallest absolute Gasteiger partial charge is 0.115 e. The van der Waals surface area contributed by atoms with Crippen LogP contribution in [0.1, 0.15) is 37.3 Å². The molecule has 0 aromatic heterocycles. The van der Waals surface area contributed by atoms with Crippen LogP contribution in [0.25, 0.3) is 0 Å². The van der Waals surface area contributed by atoms with Crippen LogP contribution < -0.4 is 5.73 Å². The zero-order valence-corrected chi connectivity index (χ0v) is 11.8. The van der Waals surface area contributed by atoms with Crippen LogP contribution in [0.2, 0.25) is 0 Å². The van der Waals surface area contributed by atoms with E-state index in [0.717, 1.165) is 32.3 Å². The Bertz CT molecular complexity index is 502. The minimum absolute atomic E-state index is 0.0612. The first-order valence-corrected chi connectivity index (χ1v) is 7.06. The summed E-state index contributed by atoms with van der Waals surface area (Å²) in [4.78, 5) is 0. The number of nitrogens with two attached hydrogens (primary N) is 1. The molecule has 1 aromatic rings. The molecule has 3 rings (SSSR count). The highest BCUT2D eigenvalue weighted by atomic mass is 16.5. The Kier molecular flexibility index (Phi) is 2.88. The zero-order chi connectivity index (χ0) is 13.7. The number of phenols is 1. The number of methoxy groups -OCH3 is 1. The second kappa shape index (κ2) is 4.22. The van der Waals surface area contributed by atoms with Gasteiger partial charge in [-0.1, -0.05) is 13.0 Å². The van der Waals surface area contributed by atoms with Gasteiger partial charge in [0.15, 0.2) is 0 Å². The molecule has 2 aliphatic carbocycles. The number of fused-ring (bicyclic) bond motifs is 4. The van der Waals surface area contributed by atoms with Crippen molar-refractivity contribution in [2.24, 2.45) is 11.1 Å². The van der Waals surface area contributed by atoms with E-state index in [9.17, 15) is 5.11 Å². The van der Waals surface area contributed by atoms with Crippen LogP contribution in [0.5, 0.6) is 5.75 Å². The molecule has 1 saturated carbocycles. The van der Waals surface area contributed by atoms with Gasteiger partial charge in [-0.05, 0) is 54.4 Å². The van der Waals surface area contributed by atoms with Gasteiger partial charge in [0.25, 0.3) is 0 Å². The van der Waals surface area contributed by atoms with Crippen molar-refractivity contribution >= 4 is 0 Å². The molecule has 3 N–H and O–H groups in total. The summed E-state index contributed by atoms with van der Waals surface area (Å²) in [7, 11) is 1.76. The third-order valence-electron chi connectivity index (χ3n) is 5.25. The minimum atomic E-state index is 0.0612. The Balaban J connectivity index is 2.11. The molecular formula is C16H23NO2. The monoisotopic (exact) mass is 261 g/mol. The lowest BCUT2D eigenvalue weighted by Gasteiger charge is -2.54. The van der Waals surface area contributed by atoms with Crippen molar-refractivity contribution in [1.82, 2.24) is 0 Å². The number of aromatic hydroxyl groups is 1. The summed E-state index contributed by atoms with van der Waals surface area (Å²) < 4.78 is 5.48. The predicted molar refractivity (Wildman–Crippen MR) is 75.3 cm³/mol. The Labute approximate surface area is 114 Å². The Morgan fingerprint density at radius 3 is 3.00 bits per heavy atom. The Hall–Kier alpha value is -1.06. The first-order chi connectivity index (χ1) is 8.99. The lowest BCUT2D eigenvalue weighted by molar-refractivity contribution is -0.00280. The van der Waals surface area contributed by atoms with Crippen LogP contribution in [-0.2, 0) is 16.6 Å². The van der Waals surface area contributed by atoms with Crippen LogP contribution >= 0.6 is 0 Å². The Morgan fingerprint density at radius 1 is 1.47 bits per heavy atom. The molecule has 0 spiro atoms. The summed E-state index contributed by atoms with van der Waals surface area (Å²) in [5.74, 6) is 0.370. The van der Waals surface area contributed by atoms with Gasteiger partial charge in [-0.15, -0.1) is 0 Å². The second-order valence-corrected chi connectivity index (χ2v) is 6.70. The number of phenolic OH excluding ortho intramolecular Hbond substituents is 1. The second-order valence-electron chi connectivity index (χ2n) is 6.70. The lowest BCUT2D eigenvalue weighted by Crippen LogP contribution is -2.56. The molecule has 0 amide bonds. The third kappa shape index (κ3) is 1.87. The third-order valence-corrected chi connectivity index (χ3v) is 5.25. The summed E-state index contributed by atoms with van der Waals surface area (Å²) >= 11 is 0. The highest BCUT2D eigenvalue weighted by Crippen LogP contribution is 2.54. The van der Waals surface area contributed by atoms with E-state index in [1.165, 1.54) is 11.1 Å². The van der Waals surface area contributed by atoms with E-state index >= 15 is 0 Å². The van der Waals surface area contributed by atoms with Gasteiger partial charge in [-0.3, -0.25) is 0 Å². The van der Waals surface area contributed by atoms with Crippen molar-refractivity contribution in [1.29, 1.82) is 0 Å². The van der Waals surface area contributed by atoms with E-state index < -0.39 is 0 Å². The summed E-state index contributed by atoms with van der Waals surface area (Å²) in [5, 5.41) is 9.77. The number of benzene rings is 1. The van der Waals surface area contributed by atoms with Crippen LogP contribution in [0.4, 0.5) is 0 Å². The minimum Gasteiger partial charge on any atom is -0.508 e. The van der Waals surface area contributed by atoms with Gasteiger partial charge in [-0.25, -0.2) is 0 Å². The van der Waals surface area contributed by atoms with Crippen molar-refractivity contribution in [3.63, 3.8) is 0 Å². The van der Waals surface area contributed by atoms with E-state index in [4.69, 9.17) is 10.5 Å². The summed E-state index contributed by atoms with van der Waals surface area (Å²) in [5.41, 5.74) is 9.25. The van der Waals surface area contributed by atoms with Crippen LogP contribution in [-0.4, -0.2) is 24.9 Å². The number of hydrogen-bond acceptors (Lipinski definition) is 3. The summed E-state index contributed by atoms with van der Waals surface area (Å²) in [6, 6.07) is 6.00. The fourth-order valence-corrected chi connectivity index (χ4v) is 4.36. The molecule has 0 unspecified atom stereocenters. The highest BCUT2D eigenvalue weighted by molar-refractivity contribution is 5.44. The molecule has 2 aliphatic rings. The molecule has 0 heterocycles. The molecular weight excluding hydrogens is 238 g/mol. The maximum Gasteiger partial charge on any atom is 0.115 e. The van der Waals surface area contributed by atoms with Gasteiger partial charge < -0.3 is 15.6 Å². The van der Waals surface area contributed by atoms with Gasteiger partial charge in [0, 0.05) is 18.6 Å². The van der Waals surface area contributed by atoms with Gasteiger partial charge >= 0.3 is 0 Å². The average Bonchev–Trinajstić information content (AvgIpc) is 2.36. The SMILES string of the molecule is COC[C@]12Cc3ccc(O)cc3[C@](C)(CC[C@@H]1N)C2. The van der Waals surface area contributed by atoms with Gasteiger partial charge in [0.2, 0.25) is 0 Å². The molecule has 0 aliphatic heterocycles. The van der Waals surface area contributed by atoms with Crippen molar-refractivity contribution in [3.8, 4) is 5.75 Å². The number of ether oxygens (including phenoxy) is 1. The van der Waals surface area contributed by atoms with Crippen molar-refractivity contribution in [2.45, 2.75) is 44.1 Å². The standard InChI is InChI=1S/C16H23NO2/c1-15-6-5-14(17)16(9-15,10-19-2)8-11-3-4-12(18)7-13(11)15/h3-4,7,14,18H,5-6,8-10,17H2,1-2H3/t14-,15+,16+/m0/s1. The molecule has 1 aromatic carbocycles.